The van der Waals surface area contributed by atoms with Crippen molar-refractivity contribution >= 4 is 17.7 Å². The summed E-state index contributed by atoms with van der Waals surface area (Å²) in [4.78, 5) is 15.1. The molecule has 0 aromatic heterocycles. The Hall–Kier alpha value is -1.40. The van der Waals surface area contributed by atoms with Crippen LogP contribution in [-0.2, 0) is 4.74 Å². The molecule has 1 amide bonds. The molecular weight excluding hydrogens is 314 g/mol. The van der Waals surface area contributed by atoms with Gasteiger partial charge in [0, 0.05) is 30.5 Å². The minimum absolute atomic E-state index is 0.0753. The lowest BCUT2D eigenvalue weighted by Gasteiger charge is -2.31. The van der Waals surface area contributed by atoms with Gasteiger partial charge in [0.1, 0.15) is 0 Å². The van der Waals surface area contributed by atoms with E-state index in [0.29, 0.717) is 29.6 Å². The molecular formula is C17H21NO4S. The lowest BCUT2D eigenvalue weighted by atomic mass is 10.1. The first-order chi connectivity index (χ1) is 11.3. The summed E-state index contributed by atoms with van der Waals surface area (Å²) in [5.74, 6) is 3.59. The number of fused-ring (bicyclic) bond motifs is 1. The fourth-order valence-electron chi connectivity index (χ4n) is 3.37. The number of carbonyl (C=O) groups excluding carboxylic acids is 1. The molecule has 2 fully saturated rings. The highest BCUT2D eigenvalue weighted by atomic mass is 32.2. The quantitative estimate of drug-likeness (QED) is 0.846. The Balaban J connectivity index is 1.55. The lowest BCUT2D eigenvalue weighted by Crippen LogP contribution is -2.44. The summed E-state index contributed by atoms with van der Waals surface area (Å²) in [6.07, 6.45) is 3.38. The van der Waals surface area contributed by atoms with Crippen molar-refractivity contribution in [3.8, 4) is 11.5 Å². The van der Waals surface area contributed by atoms with Gasteiger partial charge in [0.25, 0.3) is 5.91 Å². The van der Waals surface area contributed by atoms with E-state index >= 15 is 0 Å². The smallest absolute Gasteiger partial charge is 0.254 e. The van der Waals surface area contributed by atoms with Crippen molar-refractivity contribution in [3.63, 3.8) is 0 Å². The van der Waals surface area contributed by atoms with Gasteiger partial charge in [-0.15, -0.1) is 0 Å². The predicted molar refractivity (Wildman–Crippen MR) is 88.3 cm³/mol. The first-order valence-electron chi connectivity index (χ1n) is 8.21. The zero-order chi connectivity index (χ0) is 15.6. The molecule has 4 rings (SSSR count). The molecule has 1 aromatic carbocycles. The van der Waals surface area contributed by atoms with Gasteiger partial charge in [0.15, 0.2) is 11.5 Å². The molecule has 3 aliphatic heterocycles. The maximum absolute atomic E-state index is 13.1. The van der Waals surface area contributed by atoms with Gasteiger partial charge in [0.05, 0.1) is 6.10 Å². The second kappa shape index (κ2) is 6.61. The van der Waals surface area contributed by atoms with E-state index in [1.54, 1.807) is 6.07 Å². The van der Waals surface area contributed by atoms with Gasteiger partial charge >= 0.3 is 0 Å². The third kappa shape index (κ3) is 3.15. The molecule has 0 bridgehead atoms. The summed E-state index contributed by atoms with van der Waals surface area (Å²) in [5.41, 5.74) is 0.671. The van der Waals surface area contributed by atoms with E-state index in [0.717, 1.165) is 37.4 Å². The van der Waals surface area contributed by atoms with Crippen LogP contribution in [0.15, 0.2) is 18.2 Å². The second-order valence-corrected chi connectivity index (χ2v) is 7.33. The first-order valence-corrected chi connectivity index (χ1v) is 9.37. The SMILES string of the molecule is O=C(c1ccc2c(c1)OCO2)N(C[C@H]1CCCO1)[C@H]1CCSC1. The Kier molecular flexibility index (Phi) is 4.35. The zero-order valence-electron chi connectivity index (χ0n) is 13.0. The zero-order valence-corrected chi connectivity index (χ0v) is 13.8. The van der Waals surface area contributed by atoms with E-state index in [1.165, 1.54) is 0 Å². The molecule has 0 saturated carbocycles. The number of amides is 1. The normalized spacial score (nSPS) is 25.7. The molecule has 2 saturated heterocycles. The molecule has 0 N–H and O–H groups in total. The summed E-state index contributed by atoms with van der Waals surface area (Å²) < 4.78 is 16.5. The average molecular weight is 335 g/mol. The highest BCUT2D eigenvalue weighted by Crippen LogP contribution is 2.33. The van der Waals surface area contributed by atoms with Crippen molar-refractivity contribution in [3.05, 3.63) is 23.8 Å². The van der Waals surface area contributed by atoms with Crippen LogP contribution in [0.3, 0.4) is 0 Å². The molecule has 3 aliphatic rings. The van der Waals surface area contributed by atoms with E-state index in [9.17, 15) is 4.79 Å². The third-order valence-corrected chi connectivity index (χ3v) is 5.80. The molecule has 0 radical (unpaired) electrons. The van der Waals surface area contributed by atoms with Crippen molar-refractivity contribution in [1.29, 1.82) is 0 Å². The van der Waals surface area contributed by atoms with Crippen LogP contribution in [0.2, 0.25) is 0 Å². The molecule has 0 unspecified atom stereocenters. The van der Waals surface area contributed by atoms with Crippen LogP contribution in [0.4, 0.5) is 0 Å². The van der Waals surface area contributed by atoms with Crippen LogP contribution in [0.1, 0.15) is 29.6 Å². The highest BCUT2D eigenvalue weighted by molar-refractivity contribution is 7.99. The van der Waals surface area contributed by atoms with E-state index < -0.39 is 0 Å². The molecule has 3 heterocycles. The Bertz CT molecular complexity index is 582. The molecule has 1 aromatic rings. The fraction of sp³-hybridized carbons (Fsp3) is 0.588. The summed E-state index contributed by atoms with van der Waals surface area (Å²) in [5, 5.41) is 0. The van der Waals surface area contributed by atoms with Crippen molar-refractivity contribution in [1.82, 2.24) is 4.90 Å². The van der Waals surface area contributed by atoms with Gasteiger partial charge in [-0.2, -0.15) is 11.8 Å². The van der Waals surface area contributed by atoms with Gasteiger partial charge in [-0.1, -0.05) is 0 Å². The number of benzene rings is 1. The van der Waals surface area contributed by atoms with Gasteiger partial charge in [-0.25, -0.2) is 0 Å². The Morgan fingerprint density at radius 2 is 2.17 bits per heavy atom. The predicted octanol–water partition coefficient (Wildman–Crippen LogP) is 2.54. The Labute approximate surface area is 140 Å². The summed E-state index contributed by atoms with van der Waals surface area (Å²) >= 11 is 1.92. The van der Waals surface area contributed by atoms with E-state index in [2.05, 4.69) is 0 Å². The van der Waals surface area contributed by atoms with Crippen molar-refractivity contribution in [2.45, 2.75) is 31.4 Å². The highest BCUT2D eigenvalue weighted by Gasteiger charge is 2.31. The van der Waals surface area contributed by atoms with Crippen molar-refractivity contribution in [2.24, 2.45) is 0 Å². The van der Waals surface area contributed by atoms with Crippen LogP contribution in [-0.4, -0.2) is 54.4 Å². The van der Waals surface area contributed by atoms with E-state index in [4.69, 9.17) is 14.2 Å². The molecule has 0 aliphatic carbocycles. The molecule has 124 valence electrons. The minimum Gasteiger partial charge on any atom is -0.454 e. The molecule has 0 spiro atoms. The van der Waals surface area contributed by atoms with Gasteiger partial charge in [-0.3, -0.25) is 4.79 Å². The monoisotopic (exact) mass is 335 g/mol. The number of hydrogen-bond donors (Lipinski definition) is 0. The number of rotatable bonds is 4. The fourth-order valence-corrected chi connectivity index (χ4v) is 4.59. The Morgan fingerprint density at radius 3 is 2.96 bits per heavy atom. The number of carbonyl (C=O) groups is 1. The average Bonchev–Trinajstić information content (AvgIpc) is 3.33. The van der Waals surface area contributed by atoms with Crippen LogP contribution in [0, 0.1) is 0 Å². The molecule has 5 nitrogen and oxygen atoms in total. The summed E-state index contributed by atoms with van der Waals surface area (Å²) in [7, 11) is 0. The van der Waals surface area contributed by atoms with Crippen molar-refractivity contribution in [2.75, 3.05) is 31.5 Å². The Morgan fingerprint density at radius 1 is 1.26 bits per heavy atom. The summed E-state index contributed by atoms with van der Waals surface area (Å²) in [6.45, 7) is 1.74. The van der Waals surface area contributed by atoms with Gasteiger partial charge in [-0.05, 0) is 43.2 Å². The van der Waals surface area contributed by atoms with Crippen LogP contribution >= 0.6 is 11.8 Å². The van der Waals surface area contributed by atoms with Crippen LogP contribution < -0.4 is 9.47 Å². The molecule has 23 heavy (non-hydrogen) atoms. The van der Waals surface area contributed by atoms with Gasteiger partial charge in [0.2, 0.25) is 6.79 Å². The molecule has 2 atom stereocenters. The maximum Gasteiger partial charge on any atom is 0.254 e. The minimum atomic E-state index is 0.0753. The molecule has 6 heteroatoms. The second-order valence-electron chi connectivity index (χ2n) is 6.18. The third-order valence-electron chi connectivity index (χ3n) is 4.65. The maximum atomic E-state index is 13.1. The lowest BCUT2D eigenvalue weighted by molar-refractivity contribution is 0.0441. The number of ether oxygens (including phenoxy) is 3. The standard InChI is InChI=1S/C17H21NO4S/c19-17(12-3-4-15-16(8-12)22-11-21-15)18(13-5-7-23-10-13)9-14-2-1-6-20-14/h3-4,8,13-14H,1-2,5-7,9-11H2/t13-,14+/m0/s1. The van der Waals surface area contributed by atoms with Crippen LogP contribution in [0.5, 0.6) is 11.5 Å². The summed E-state index contributed by atoms with van der Waals surface area (Å²) in [6, 6.07) is 5.76. The van der Waals surface area contributed by atoms with Crippen LogP contribution in [0.25, 0.3) is 0 Å². The van der Waals surface area contributed by atoms with E-state index in [1.807, 2.05) is 28.8 Å². The largest absolute Gasteiger partial charge is 0.454 e. The number of hydrogen-bond acceptors (Lipinski definition) is 5. The number of thioether (sulfide) groups is 1. The topological polar surface area (TPSA) is 48.0 Å². The van der Waals surface area contributed by atoms with E-state index in [-0.39, 0.29) is 18.8 Å². The van der Waals surface area contributed by atoms with Gasteiger partial charge < -0.3 is 19.1 Å². The first kappa shape index (κ1) is 15.1. The van der Waals surface area contributed by atoms with Crippen molar-refractivity contribution < 1.29 is 19.0 Å². The number of nitrogens with zero attached hydrogens (tertiary/aromatic N) is 1.